The Labute approximate surface area is 182 Å². The predicted molar refractivity (Wildman–Crippen MR) is 114 cm³/mol. The van der Waals surface area contributed by atoms with E-state index < -0.39 is 17.6 Å². The summed E-state index contributed by atoms with van der Waals surface area (Å²) >= 11 is 0. The van der Waals surface area contributed by atoms with Gasteiger partial charge >= 0.3 is 12.0 Å². The van der Waals surface area contributed by atoms with Gasteiger partial charge < -0.3 is 36.5 Å². The highest BCUT2D eigenvalue weighted by Crippen LogP contribution is 2.58. The standard InChI is InChI=1S/C23H19N3O6/c24-8-7-11-1-4-16-19(20(11)26-22(25)30)21(29)32-23(16)14-5-2-12(27)9-17(14)31-18-10-13(28)3-6-15(18)23/h1-6,9-10,27-28H,7-8,24H2,(H3,25,26,30). The number of phenolic OH excluding ortho intramolecular Hbond substituents is 2. The molecule has 7 N–H and O–H groups in total. The minimum absolute atomic E-state index is 0.0403. The first kappa shape index (κ1) is 19.7. The van der Waals surface area contributed by atoms with Crippen LogP contribution in [0.2, 0.25) is 0 Å². The van der Waals surface area contributed by atoms with Gasteiger partial charge in [-0.2, -0.15) is 0 Å². The first-order chi connectivity index (χ1) is 15.3. The van der Waals surface area contributed by atoms with Crippen LogP contribution in [0.15, 0.2) is 48.5 Å². The lowest BCUT2D eigenvalue weighted by molar-refractivity contribution is 0.0224. The molecule has 0 fully saturated rings. The van der Waals surface area contributed by atoms with Gasteiger partial charge in [-0.15, -0.1) is 0 Å². The molecule has 2 heterocycles. The number of nitrogens with one attached hydrogen (secondary N) is 1. The number of primary amides is 1. The molecule has 9 heteroatoms. The number of aromatic hydroxyl groups is 2. The van der Waals surface area contributed by atoms with E-state index in [1.54, 1.807) is 24.3 Å². The number of benzene rings is 3. The number of fused-ring (bicyclic) bond motifs is 6. The summed E-state index contributed by atoms with van der Waals surface area (Å²) in [5.74, 6) is -0.219. The second kappa shape index (κ2) is 6.89. The minimum Gasteiger partial charge on any atom is -0.508 e. The Morgan fingerprint density at radius 2 is 1.56 bits per heavy atom. The van der Waals surface area contributed by atoms with Crippen LogP contribution in [0.3, 0.4) is 0 Å². The van der Waals surface area contributed by atoms with Crippen molar-refractivity contribution in [3.63, 3.8) is 0 Å². The molecule has 0 radical (unpaired) electrons. The molecule has 0 aromatic heterocycles. The Kier molecular flexibility index (Phi) is 4.24. The van der Waals surface area contributed by atoms with E-state index in [0.29, 0.717) is 35.2 Å². The van der Waals surface area contributed by atoms with Gasteiger partial charge in [0.15, 0.2) is 5.60 Å². The third kappa shape index (κ3) is 2.68. The molecule has 9 nitrogen and oxygen atoms in total. The molecule has 0 saturated heterocycles. The van der Waals surface area contributed by atoms with E-state index >= 15 is 0 Å². The number of amides is 2. The SMILES string of the molecule is NCCc1ccc2c(c1NC(N)=O)C(=O)OC21c2ccc(O)cc2Oc2cc(O)ccc21. The third-order valence-corrected chi connectivity index (χ3v) is 5.69. The first-order valence-electron chi connectivity index (χ1n) is 9.86. The molecule has 3 aromatic rings. The normalized spacial score (nSPS) is 14.7. The van der Waals surface area contributed by atoms with Crippen LogP contribution in [0.5, 0.6) is 23.0 Å². The number of rotatable bonds is 3. The maximum absolute atomic E-state index is 13.3. The van der Waals surface area contributed by atoms with Crippen LogP contribution in [0.25, 0.3) is 0 Å². The number of urea groups is 1. The molecule has 2 aliphatic heterocycles. The molecule has 162 valence electrons. The van der Waals surface area contributed by atoms with Crippen molar-refractivity contribution in [2.45, 2.75) is 12.0 Å². The van der Waals surface area contributed by atoms with Crippen LogP contribution in [-0.2, 0) is 16.8 Å². The summed E-state index contributed by atoms with van der Waals surface area (Å²) in [6.07, 6.45) is 0.404. The topological polar surface area (TPSA) is 157 Å². The Balaban J connectivity index is 1.86. The number of carbonyl (C=O) groups is 2. The highest BCUT2D eigenvalue weighted by atomic mass is 16.6. The molecular weight excluding hydrogens is 414 g/mol. The fourth-order valence-electron chi connectivity index (χ4n) is 4.46. The Morgan fingerprint density at radius 1 is 0.969 bits per heavy atom. The molecule has 1 spiro atoms. The molecule has 0 aliphatic carbocycles. The average molecular weight is 433 g/mol. The number of nitrogens with two attached hydrogens (primary N) is 2. The van der Waals surface area contributed by atoms with Crippen molar-refractivity contribution in [3.05, 3.63) is 76.3 Å². The van der Waals surface area contributed by atoms with Crippen LogP contribution in [0, 0.1) is 0 Å². The van der Waals surface area contributed by atoms with E-state index in [9.17, 15) is 19.8 Å². The summed E-state index contributed by atoms with van der Waals surface area (Å²) in [5, 5.41) is 22.5. The highest BCUT2D eigenvalue weighted by molar-refractivity contribution is 6.06. The number of hydrogen-bond donors (Lipinski definition) is 5. The zero-order chi connectivity index (χ0) is 22.6. The molecule has 0 bridgehead atoms. The van der Waals surface area contributed by atoms with E-state index in [1.807, 2.05) is 0 Å². The van der Waals surface area contributed by atoms with Gasteiger partial charge in [0.1, 0.15) is 23.0 Å². The summed E-state index contributed by atoms with van der Waals surface area (Å²) in [6.45, 7) is 0.296. The monoisotopic (exact) mass is 433 g/mol. The second-order valence-electron chi connectivity index (χ2n) is 7.58. The zero-order valence-corrected chi connectivity index (χ0v) is 16.7. The number of hydrogen-bond acceptors (Lipinski definition) is 7. The van der Waals surface area contributed by atoms with Crippen LogP contribution >= 0.6 is 0 Å². The molecule has 32 heavy (non-hydrogen) atoms. The van der Waals surface area contributed by atoms with Crippen LogP contribution < -0.4 is 21.5 Å². The fourth-order valence-corrected chi connectivity index (χ4v) is 4.46. The quantitative estimate of drug-likeness (QED) is 0.397. The van der Waals surface area contributed by atoms with E-state index in [4.69, 9.17) is 20.9 Å². The molecule has 2 aliphatic rings. The highest BCUT2D eigenvalue weighted by Gasteiger charge is 2.54. The Bertz CT molecular complexity index is 1250. The summed E-state index contributed by atoms with van der Waals surface area (Å²) in [7, 11) is 0. The Morgan fingerprint density at radius 3 is 2.12 bits per heavy atom. The van der Waals surface area contributed by atoms with Crippen LogP contribution in [0.4, 0.5) is 10.5 Å². The predicted octanol–water partition coefficient (Wildman–Crippen LogP) is 2.66. The van der Waals surface area contributed by atoms with Gasteiger partial charge in [0.25, 0.3) is 0 Å². The maximum Gasteiger partial charge on any atom is 0.342 e. The van der Waals surface area contributed by atoms with Crippen molar-refractivity contribution >= 4 is 17.7 Å². The van der Waals surface area contributed by atoms with Crippen molar-refractivity contribution in [2.75, 3.05) is 11.9 Å². The zero-order valence-electron chi connectivity index (χ0n) is 16.7. The molecule has 3 aromatic carbocycles. The van der Waals surface area contributed by atoms with E-state index in [0.717, 1.165) is 0 Å². The second-order valence-corrected chi connectivity index (χ2v) is 7.58. The van der Waals surface area contributed by atoms with Crippen LogP contribution in [-0.4, -0.2) is 28.8 Å². The number of phenols is 2. The lowest BCUT2D eigenvalue weighted by Crippen LogP contribution is -2.33. The molecule has 0 atom stereocenters. The van der Waals surface area contributed by atoms with Gasteiger partial charge in [-0.1, -0.05) is 12.1 Å². The van der Waals surface area contributed by atoms with E-state index in [1.165, 1.54) is 24.3 Å². The summed E-state index contributed by atoms with van der Waals surface area (Å²) < 4.78 is 12.0. The van der Waals surface area contributed by atoms with Crippen molar-refractivity contribution in [1.82, 2.24) is 0 Å². The van der Waals surface area contributed by atoms with Gasteiger partial charge in [0, 0.05) is 28.8 Å². The molecule has 0 saturated carbocycles. The fraction of sp³-hybridized carbons (Fsp3) is 0.130. The van der Waals surface area contributed by atoms with Crippen molar-refractivity contribution in [3.8, 4) is 23.0 Å². The first-order valence-corrected chi connectivity index (χ1v) is 9.86. The third-order valence-electron chi connectivity index (χ3n) is 5.69. The largest absolute Gasteiger partial charge is 0.508 e. The number of ether oxygens (including phenoxy) is 2. The van der Waals surface area contributed by atoms with Gasteiger partial charge in [-0.05, 0) is 42.8 Å². The molecule has 2 amide bonds. The molecular formula is C23H19N3O6. The van der Waals surface area contributed by atoms with Gasteiger partial charge in [-0.3, -0.25) is 0 Å². The smallest absolute Gasteiger partial charge is 0.342 e. The van der Waals surface area contributed by atoms with Crippen molar-refractivity contribution in [1.29, 1.82) is 0 Å². The lowest BCUT2D eigenvalue weighted by atomic mass is 9.77. The number of esters is 1. The average Bonchev–Trinajstić information content (AvgIpc) is 3.02. The molecule has 5 rings (SSSR count). The van der Waals surface area contributed by atoms with Gasteiger partial charge in [0.05, 0.1) is 11.3 Å². The maximum atomic E-state index is 13.3. The summed E-state index contributed by atoms with van der Waals surface area (Å²) in [5.41, 5.74) is 12.1. The van der Waals surface area contributed by atoms with Gasteiger partial charge in [-0.25, -0.2) is 9.59 Å². The van der Waals surface area contributed by atoms with Crippen molar-refractivity contribution in [2.24, 2.45) is 11.5 Å². The number of carbonyl (C=O) groups excluding carboxylic acids is 2. The summed E-state index contributed by atoms with van der Waals surface area (Å²) in [4.78, 5) is 25.0. The minimum atomic E-state index is -1.42. The number of anilines is 1. The summed E-state index contributed by atoms with van der Waals surface area (Å²) in [6, 6.07) is 11.6. The van der Waals surface area contributed by atoms with Crippen molar-refractivity contribution < 1.29 is 29.3 Å². The molecule has 0 unspecified atom stereocenters. The Hall–Kier alpha value is -4.24. The van der Waals surface area contributed by atoms with Crippen LogP contribution in [0.1, 0.15) is 32.6 Å². The lowest BCUT2D eigenvalue weighted by Gasteiger charge is -2.36. The van der Waals surface area contributed by atoms with E-state index in [2.05, 4.69) is 5.32 Å². The van der Waals surface area contributed by atoms with E-state index in [-0.39, 0.29) is 34.2 Å². The van der Waals surface area contributed by atoms with Gasteiger partial charge in [0.2, 0.25) is 0 Å².